The number of nitrogens with two attached hydrogens (primary N) is 3. The van der Waals surface area contributed by atoms with E-state index in [-0.39, 0.29) is 12.3 Å². The highest BCUT2D eigenvalue weighted by molar-refractivity contribution is 5.94. The fraction of sp³-hybridized carbons (Fsp3) is 0.615. The van der Waals surface area contributed by atoms with Gasteiger partial charge in [-0.05, 0) is 69.5 Å². The molecule has 1 rings (SSSR count). The molecule has 0 bridgehead atoms. The Morgan fingerprint density at radius 2 is 1.32 bits per heavy atom. The van der Waals surface area contributed by atoms with Gasteiger partial charge in [0.1, 0.15) is 18.1 Å². The SMILES string of the molecule is CC(C)C(NC(=O)C(CCCCN)NC(=O)C(N)Cc1ccccc1)C(=O)NC(CCCCN)C(=O)O. The number of unbranched alkanes of at least 4 members (excludes halogenated alkanes) is 2. The van der Waals surface area contributed by atoms with Crippen LogP contribution in [0, 0.1) is 5.92 Å². The van der Waals surface area contributed by atoms with Crippen LogP contribution < -0.4 is 33.2 Å². The average molecular weight is 521 g/mol. The number of nitrogens with one attached hydrogen (secondary N) is 3. The molecule has 1 aromatic rings. The van der Waals surface area contributed by atoms with Crippen molar-refractivity contribution in [2.45, 2.75) is 83.0 Å². The molecule has 0 saturated carbocycles. The summed E-state index contributed by atoms with van der Waals surface area (Å²) in [6.45, 7) is 4.35. The summed E-state index contributed by atoms with van der Waals surface area (Å²) >= 11 is 0. The van der Waals surface area contributed by atoms with Crippen LogP contribution in [0.25, 0.3) is 0 Å². The number of carbonyl (C=O) groups excluding carboxylic acids is 3. The number of hydrogen-bond donors (Lipinski definition) is 7. The standard InChI is InChI=1S/C26H44N6O5/c1-17(2)22(25(35)31-21(26(36)37)13-7-9-15-28)32-24(34)20(12-6-8-14-27)30-23(33)19(29)16-18-10-4-3-5-11-18/h3-5,10-11,17,19-22H,6-9,12-16,27-29H2,1-2H3,(H,30,33)(H,31,35)(H,32,34)(H,36,37). The Morgan fingerprint density at radius 3 is 1.84 bits per heavy atom. The number of carbonyl (C=O) groups is 4. The molecule has 0 saturated heterocycles. The minimum Gasteiger partial charge on any atom is -0.480 e. The van der Waals surface area contributed by atoms with E-state index in [2.05, 4.69) is 16.0 Å². The van der Waals surface area contributed by atoms with Gasteiger partial charge in [0.05, 0.1) is 6.04 Å². The minimum absolute atomic E-state index is 0.230. The maximum Gasteiger partial charge on any atom is 0.326 e. The number of rotatable bonds is 18. The molecule has 0 aliphatic heterocycles. The van der Waals surface area contributed by atoms with E-state index in [4.69, 9.17) is 17.2 Å². The zero-order chi connectivity index (χ0) is 27.8. The Labute approximate surface area is 219 Å². The van der Waals surface area contributed by atoms with Crippen molar-refractivity contribution in [1.82, 2.24) is 16.0 Å². The average Bonchev–Trinajstić information content (AvgIpc) is 2.86. The molecule has 1 aromatic carbocycles. The van der Waals surface area contributed by atoms with E-state index in [9.17, 15) is 24.3 Å². The van der Waals surface area contributed by atoms with Gasteiger partial charge < -0.3 is 38.3 Å². The fourth-order valence-electron chi connectivity index (χ4n) is 3.80. The topological polar surface area (TPSA) is 203 Å². The molecule has 4 unspecified atom stereocenters. The molecule has 0 heterocycles. The second kappa shape index (κ2) is 17.4. The molecule has 3 amide bonds. The third-order valence-electron chi connectivity index (χ3n) is 6.02. The summed E-state index contributed by atoms with van der Waals surface area (Å²) in [6.07, 6.45) is 3.29. The molecule has 4 atom stereocenters. The normalized spacial score (nSPS) is 14.3. The molecule has 11 nitrogen and oxygen atoms in total. The molecule has 208 valence electrons. The Balaban J connectivity index is 2.90. The first-order valence-electron chi connectivity index (χ1n) is 12.9. The summed E-state index contributed by atoms with van der Waals surface area (Å²) in [4.78, 5) is 50.6. The molecule has 0 aromatic heterocycles. The van der Waals surface area contributed by atoms with Gasteiger partial charge in [-0.2, -0.15) is 0 Å². The summed E-state index contributed by atoms with van der Waals surface area (Å²) in [5.74, 6) is -3.10. The lowest BCUT2D eigenvalue weighted by molar-refractivity contribution is -0.142. The Hall–Kier alpha value is -3.02. The van der Waals surface area contributed by atoms with Crippen molar-refractivity contribution in [2.75, 3.05) is 13.1 Å². The summed E-state index contributed by atoms with van der Waals surface area (Å²) < 4.78 is 0. The third kappa shape index (κ3) is 12.2. The molecule has 0 fully saturated rings. The highest BCUT2D eigenvalue weighted by Gasteiger charge is 2.31. The molecular formula is C26H44N6O5. The van der Waals surface area contributed by atoms with Crippen LogP contribution in [0.4, 0.5) is 0 Å². The maximum absolute atomic E-state index is 13.2. The molecule has 0 spiro atoms. The smallest absolute Gasteiger partial charge is 0.326 e. The van der Waals surface area contributed by atoms with Crippen molar-refractivity contribution in [3.63, 3.8) is 0 Å². The predicted molar refractivity (Wildman–Crippen MR) is 142 cm³/mol. The van der Waals surface area contributed by atoms with Crippen LogP contribution in [0.3, 0.4) is 0 Å². The summed E-state index contributed by atoms with van der Waals surface area (Å²) in [5, 5.41) is 17.4. The van der Waals surface area contributed by atoms with E-state index in [1.54, 1.807) is 13.8 Å². The van der Waals surface area contributed by atoms with Gasteiger partial charge in [-0.3, -0.25) is 14.4 Å². The van der Waals surface area contributed by atoms with Crippen LogP contribution in [-0.2, 0) is 25.6 Å². The lowest BCUT2D eigenvalue weighted by Crippen LogP contribution is -2.58. The van der Waals surface area contributed by atoms with Crippen LogP contribution in [0.15, 0.2) is 30.3 Å². The van der Waals surface area contributed by atoms with Crippen LogP contribution in [0.1, 0.15) is 57.9 Å². The van der Waals surface area contributed by atoms with Crippen LogP contribution in [-0.4, -0.2) is 66.1 Å². The quantitative estimate of drug-likeness (QED) is 0.131. The second-order valence-electron chi connectivity index (χ2n) is 9.56. The van der Waals surface area contributed by atoms with Crippen molar-refractivity contribution in [1.29, 1.82) is 0 Å². The first-order valence-corrected chi connectivity index (χ1v) is 12.9. The van der Waals surface area contributed by atoms with Crippen LogP contribution in [0.5, 0.6) is 0 Å². The van der Waals surface area contributed by atoms with Gasteiger partial charge in [0.15, 0.2) is 0 Å². The fourth-order valence-corrected chi connectivity index (χ4v) is 3.80. The number of benzene rings is 1. The maximum atomic E-state index is 13.2. The van der Waals surface area contributed by atoms with E-state index < -0.39 is 47.9 Å². The molecule has 0 radical (unpaired) electrons. The van der Waals surface area contributed by atoms with Crippen molar-refractivity contribution in [2.24, 2.45) is 23.1 Å². The summed E-state index contributed by atoms with van der Waals surface area (Å²) in [6, 6.07) is 5.45. The zero-order valence-corrected chi connectivity index (χ0v) is 21.9. The molecular weight excluding hydrogens is 476 g/mol. The van der Waals surface area contributed by atoms with Gasteiger partial charge in [-0.1, -0.05) is 44.2 Å². The zero-order valence-electron chi connectivity index (χ0n) is 21.9. The number of amides is 3. The van der Waals surface area contributed by atoms with Crippen molar-refractivity contribution < 1.29 is 24.3 Å². The second-order valence-corrected chi connectivity index (χ2v) is 9.56. The van der Waals surface area contributed by atoms with Gasteiger partial charge in [0, 0.05) is 0 Å². The summed E-state index contributed by atoms with van der Waals surface area (Å²) in [7, 11) is 0. The number of hydrogen-bond acceptors (Lipinski definition) is 7. The monoisotopic (exact) mass is 520 g/mol. The van der Waals surface area contributed by atoms with Crippen LogP contribution >= 0.6 is 0 Å². The highest BCUT2D eigenvalue weighted by atomic mass is 16.4. The molecule has 0 aliphatic rings. The van der Waals surface area contributed by atoms with Crippen molar-refractivity contribution >= 4 is 23.7 Å². The number of aliphatic carboxylic acids is 1. The first kappa shape index (κ1) is 32.0. The number of carboxylic acids is 1. The summed E-state index contributed by atoms with van der Waals surface area (Å²) in [5.41, 5.74) is 18.0. The lowest BCUT2D eigenvalue weighted by atomic mass is 10.0. The Morgan fingerprint density at radius 1 is 0.784 bits per heavy atom. The van der Waals surface area contributed by atoms with E-state index in [0.717, 1.165) is 5.56 Å². The molecule has 11 heteroatoms. The third-order valence-corrected chi connectivity index (χ3v) is 6.02. The van der Waals surface area contributed by atoms with E-state index in [0.29, 0.717) is 51.6 Å². The Kier molecular flexibility index (Phi) is 15.1. The Bertz CT molecular complexity index is 851. The van der Waals surface area contributed by atoms with Crippen molar-refractivity contribution in [3.8, 4) is 0 Å². The van der Waals surface area contributed by atoms with Gasteiger partial charge in [0.2, 0.25) is 17.7 Å². The van der Waals surface area contributed by atoms with E-state index >= 15 is 0 Å². The van der Waals surface area contributed by atoms with E-state index in [1.165, 1.54) is 0 Å². The van der Waals surface area contributed by atoms with Gasteiger partial charge in [0.25, 0.3) is 0 Å². The minimum atomic E-state index is -1.15. The lowest BCUT2D eigenvalue weighted by Gasteiger charge is -2.27. The first-order chi connectivity index (χ1) is 17.6. The highest BCUT2D eigenvalue weighted by Crippen LogP contribution is 2.09. The largest absolute Gasteiger partial charge is 0.480 e. The van der Waals surface area contributed by atoms with Crippen molar-refractivity contribution in [3.05, 3.63) is 35.9 Å². The van der Waals surface area contributed by atoms with Crippen LogP contribution in [0.2, 0.25) is 0 Å². The molecule has 37 heavy (non-hydrogen) atoms. The predicted octanol–water partition coefficient (Wildman–Crippen LogP) is 0.00940. The molecule has 10 N–H and O–H groups in total. The number of carboxylic acid groups (broad SMARTS) is 1. The van der Waals surface area contributed by atoms with Gasteiger partial charge in [-0.25, -0.2) is 4.79 Å². The van der Waals surface area contributed by atoms with E-state index in [1.807, 2.05) is 30.3 Å². The van der Waals surface area contributed by atoms with Gasteiger partial charge >= 0.3 is 5.97 Å². The molecule has 0 aliphatic carbocycles. The van der Waals surface area contributed by atoms with Gasteiger partial charge in [-0.15, -0.1) is 0 Å².